The van der Waals surface area contributed by atoms with Crippen LogP contribution in [0.4, 0.5) is 11.4 Å². The summed E-state index contributed by atoms with van der Waals surface area (Å²) in [6, 6.07) is 9.08. The number of benzene rings is 2. The second kappa shape index (κ2) is 8.21. The summed E-state index contributed by atoms with van der Waals surface area (Å²) >= 11 is 0. The molecule has 26 heavy (non-hydrogen) atoms. The van der Waals surface area contributed by atoms with Gasteiger partial charge in [-0.25, -0.2) is 4.79 Å². The average Bonchev–Trinajstić information content (AvgIpc) is 2.56. The maximum Gasteiger partial charge on any atom is 0.336 e. The van der Waals surface area contributed by atoms with Crippen molar-refractivity contribution in [2.75, 3.05) is 11.9 Å². The second-order valence-electron chi connectivity index (χ2n) is 5.73. The normalized spacial score (nSPS) is 10.4. The number of carboxylic acid groups (broad SMARTS) is 1. The molecule has 8 heteroatoms. The van der Waals surface area contributed by atoms with Crippen molar-refractivity contribution in [1.82, 2.24) is 0 Å². The number of carbonyl (C=O) groups is 2. The molecular weight excluding hydrogens is 340 g/mol. The molecule has 0 unspecified atom stereocenters. The molecule has 8 nitrogen and oxygen atoms in total. The number of hydrogen-bond acceptors (Lipinski definition) is 5. The van der Waals surface area contributed by atoms with Crippen molar-refractivity contribution in [3.8, 4) is 0 Å². The van der Waals surface area contributed by atoms with E-state index in [0.717, 1.165) is 5.56 Å². The Kier molecular flexibility index (Phi) is 6.03. The highest BCUT2D eigenvalue weighted by atomic mass is 16.6. The first-order valence-electron chi connectivity index (χ1n) is 7.82. The molecule has 2 rings (SSSR count). The van der Waals surface area contributed by atoms with Gasteiger partial charge in [-0.1, -0.05) is 12.1 Å². The smallest absolute Gasteiger partial charge is 0.336 e. The lowest BCUT2D eigenvalue weighted by Gasteiger charge is -2.15. The van der Waals surface area contributed by atoms with Gasteiger partial charge in [0.15, 0.2) is 0 Å². The fourth-order valence-corrected chi connectivity index (χ4v) is 2.68. The molecule has 0 heterocycles. The highest BCUT2D eigenvalue weighted by molar-refractivity contribution is 5.95. The maximum atomic E-state index is 11.6. The number of aliphatic hydroxyl groups excluding tert-OH is 1. The fraction of sp³-hybridized carbons (Fsp3) is 0.222. The van der Waals surface area contributed by atoms with Gasteiger partial charge in [-0.15, -0.1) is 0 Å². The standard InChI is InChI=1S/C18H18N2O6/c1-11(22)19-17-10-13(9-16(18(23)24)15(17)6-7-21)8-12-2-4-14(5-3-12)20(25)26/h2-5,9-10,21H,6-8H2,1H3,(H,19,22)(H,23,24). The van der Waals surface area contributed by atoms with E-state index in [0.29, 0.717) is 23.2 Å². The molecule has 3 N–H and O–H groups in total. The minimum atomic E-state index is -1.16. The van der Waals surface area contributed by atoms with E-state index >= 15 is 0 Å². The SMILES string of the molecule is CC(=O)Nc1cc(Cc2ccc([N+](=O)[O-])cc2)cc(C(=O)O)c1CCO. The van der Waals surface area contributed by atoms with Gasteiger partial charge in [0.2, 0.25) is 5.91 Å². The minimum absolute atomic E-state index is 0.00205. The minimum Gasteiger partial charge on any atom is -0.478 e. The molecule has 0 aliphatic carbocycles. The number of carbonyl (C=O) groups excluding carboxylic acids is 1. The van der Waals surface area contributed by atoms with Crippen molar-refractivity contribution in [2.24, 2.45) is 0 Å². The van der Waals surface area contributed by atoms with Crippen molar-refractivity contribution >= 4 is 23.3 Å². The second-order valence-corrected chi connectivity index (χ2v) is 5.73. The molecule has 0 aromatic heterocycles. The zero-order valence-corrected chi connectivity index (χ0v) is 14.1. The van der Waals surface area contributed by atoms with Gasteiger partial charge in [0.1, 0.15) is 0 Å². The van der Waals surface area contributed by atoms with Crippen LogP contribution in [-0.2, 0) is 17.6 Å². The summed E-state index contributed by atoms with van der Waals surface area (Å²) in [6.07, 6.45) is 0.430. The largest absolute Gasteiger partial charge is 0.478 e. The van der Waals surface area contributed by atoms with Crippen molar-refractivity contribution in [1.29, 1.82) is 0 Å². The third-order valence-corrected chi connectivity index (χ3v) is 3.77. The number of nitro groups is 1. The van der Waals surface area contributed by atoms with Crippen molar-refractivity contribution < 1.29 is 24.7 Å². The molecule has 0 fully saturated rings. The average molecular weight is 358 g/mol. The first kappa shape index (κ1) is 19.1. The van der Waals surface area contributed by atoms with E-state index in [1.165, 1.54) is 25.1 Å². The van der Waals surface area contributed by atoms with Crippen LogP contribution in [0.15, 0.2) is 36.4 Å². The van der Waals surface area contributed by atoms with Crippen LogP contribution in [0.25, 0.3) is 0 Å². The third kappa shape index (κ3) is 4.64. The maximum absolute atomic E-state index is 11.6. The molecule has 0 saturated heterocycles. The molecule has 136 valence electrons. The lowest BCUT2D eigenvalue weighted by atomic mass is 9.95. The number of amides is 1. The van der Waals surface area contributed by atoms with Crippen LogP contribution in [0.5, 0.6) is 0 Å². The number of nitrogens with one attached hydrogen (secondary N) is 1. The van der Waals surface area contributed by atoms with Crippen LogP contribution in [0.2, 0.25) is 0 Å². The molecule has 2 aromatic rings. The number of aromatic carboxylic acids is 1. The van der Waals surface area contributed by atoms with Gasteiger partial charge in [0, 0.05) is 31.4 Å². The van der Waals surface area contributed by atoms with E-state index in [4.69, 9.17) is 0 Å². The predicted molar refractivity (Wildman–Crippen MR) is 94.4 cm³/mol. The molecule has 0 bridgehead atoms. The first-order chi connectivity index (χ1) is 12.3. The molecule has 0 saturated carbocycles. The van der Waals surface area contributed by atoms with Crippen molar-refractivity contribution in [3.63, 3.8) is 0 Å². The van der Waals surface area contributed by atoms with E-state index in [2.05, 4.69) is 5.32 Å². The van der Waals surface area contributed by atoms with Gasteiger partial charge in [-0.3, -0.25) is 14.9 Å². The summed E-state index contributed by atoms with van der Waals surface area (Å²) in [5, 5.41) is 32.0. The van der Waals surface area contributed by atoms with Gasteiger partial charge in [-0.2, -0.15) is 0 Å². The summed E-state index contributed by atoms with van der Waals surface area (Å²) in [7, 11) is 0. The Labute approximate surface area is 149 Å². The van der Waals surface area contributed by atoms with E-state index in [9.17, 15) is 29.9 Å². The quantitative estimate of drug-likeness (QED) is 0.515. The van der Waals surface area contributed by atoms with E-state index in [1.807, 2.05) is 0 Å². The molecule has 1 amide bonds. The number of rotatable bonds is 7. The van der Waals surface area contributed by atoms with Gasteiger partial charge in [0.05, 0.1) is 10.5 Å². The van der Waals surface area contributed by atoms with Crippen LogP contribution < -0.4 is 5.32 Å². The van der Waals surface area contributed by atoms with Gasteiger partial charge >= 0.3 is 5.97 Å². The van der Waals surface area contributed by atoms with E-state index < -0.39 is 10.9 Å². The van der Waals surface area contributed by atoms with Crippen molar-refractivity contribution in [3.05, 3.63) is 68.8 Å². The zero-order valence-electron chi connectivity index (χ0n) is 14.1. The highest BCUT2D eigenvalue weighted by Gasteiger charge is 2.17. The molecule has 0 atom stereocenters. The zero-order chi connectivity index (χ0) is 19.3. The van der Waals surface area contributed by atoms with Gasteiger partial charge in [-0.05, 0) is 41.7 Å². The Balaban J connectivity index is 2.44. The summed E-state index contributed by atoms with van der Waals surface area (Å²) in [6.45, 7) is 1.06. The predicted octanol–water partition coefficient (Wildman–Crippen LogP) is 2.38. The van der Waals surface area contributed by atoms with Gasteiger partial charge < -0.3 is 15.5 Å². The Hall–Kier alpha value is -3.26. The molecule has 0 aliphatic heterocycles. The lowest BCUT2D eigenvalue weighted by molar-refractivity contribution is -0.384. The van der Waals surface area contributed by atoms with Crippen LogP contribution in [-0.4, -0.2) is 33.6 Å². The topological polar surface area (TPSA) is 130 Å². The summed E-state index contributed by atoms with van der Waals surface area (Å²) in [5.41, 5.74) is 2.04. The third-order valence-electron chi connectivity index (χ3n) is 3.77. The number of non-ortho nitro benzene ring substituents is 1. The number of nitro benzene ring substituents is 1. The van der Waals surface area contributed by atoms with E-state index in [1.54, 1.807) is 18.2 Å². The van der Waals surface area contributed by atoms with Crippen LogP contribution >= 0.6 is 0 Å². The van der Waals surface area contributed by atoms with Crippen LogP contribution in [0.1, 0.15) is 34.0 Å². The Morgan fingerprint density at radius 2 is 1.81 bits per heavy atom. The summed E-state index contributed by atoms with van der Waals surface area (Å²) in [5.74, 6) is -1.52. The molecule has 2 aromatic carbocycles. The molecular formula is C18H18N2O6. The summed E-state index contributed by atoms with van der Waals surface area (Å²) in [4.78, 5) is 33.2. The number of nitrogens with zero attached hydrogens (tertiary/aromatic N) is 1. The summed E-state index contributed by atoms with van der Waals surface area (Å²) < 4.78 is 0. The lowest BCUT2D eigenvalue weighted by Crippen LogP contribution is -2.14. The number of anilines is 1. The highest BCUT2D eigenvalue weighted by Crippen LogP contribution is 2.26. The molecule has 0 spiro atoms. The number of aliphatic hydroxyl groups is 1. The fourth-order valence-electron chi connectivity index (χ4n) is 2.68. The number of hydrogen-bond donors (Lipinski definition) is 3. The van der Waals surface area contributed by atoms with E-state index in [-0.39, 0.29) is 30.2 Å². The Bertz CT molecular complexity index is 846. The van der Waals surface area contributed by atoms with Crippen LogP contribution in [0.3, 0.4) is 0 Å². The Morgan fingerprint density at radius 1 is 1.15 bits per heavy atom. The number of carboxylic acids is 1. The van der Waals surface area contributed by atoms with Crippen molar-refractivity contribution in [2.45, 2.75) is 19.8 Å². The first-order valence-corrected chi connectivity index (χ1v) is 7.82. The monoisotopic (exact) mass is 358 g/mol. The molecule has 0 aliphatic rings. The van der Waals surface area contributed by atoms with Gasteiger partial charge in [0.25, 0.3) is 5.69 Å². The Morgan fingerprint density at radius 3 is 2.31 bits per heavy atom. The van der Waals surface area contributed by atoms with Crippen LogP contribution in [0, 0.1) is 10.1 Å². The molecule has 0 radical (unpaired) electrons.